The number of benzene rings is 1. The third kappa shape index (κ3) is 3.65. The van der Waals surface area contributed by atoms with E-state index < -0.39 is 0 Å². The van der Waals surface area contributed by atoms with Gasteiger partial charge in [0, 0.05) is 23.9 Å². The first-order valence-corrected chi connectivity index (χ1v) is 9.49. The van der Waals surface area contributed by atoms with Gasteiger partial charge in [-0.1, -0.05) is 12.1 Å². The van der Waals surface area contributed by atoms with Gasteiger partial charge >= 0.3 is 0 Å². The van der Waals surface area contributed by atoms with Crippen molar-refractivity contribution in [1.82, 2.24) is 19.9 Å². The minimum atomic E-state index is -0.188. The Hall–Kier alpha value is -3.09. The number of nitrogens with zero attached hydrogens (tertiary/aromatic N) is 3. The SMILES string of the molecule is Cc1cc2nc(C)c(CCC(=O)NC[C@H]3COc4ccccc4O3)c(C)n2n1. The summed E-state index contributed by atoms with van der Waals surface area (Å²) in [6.45, 7) is 6.79. The van der Waals surface area contributed by atoms with Crippen molar-refractivity contribution in [2.75, 3.05) is 13.2 Å². The van der Waals surface area contributed by atoms with Crippen LogP contribution in [0.25, 0.3) is 5.65 Å². The molecule has 1 aliphatic heterocycles. The molecule has 2 aromatic heterocycles. The fourth-order valence-electron chi connectivity index (χ4n) is 3.52. The number of amides is 1. The Kier molecular flexibility index (Phi) is 4.90. The molecule has 0 saturated carbocycles. The highest BCUT2D eigenvalue weighted by Crippen LogP contribution is 2.30. The van der Waals surface area contributed by atoms with E-state index in [1.54, 1.807) is 0 Å². The van der Waals surface area contributed by atoms with Crippen LogP contribution in [-0.4, -0.2) is 39.8 Å². The van der Waals surface area contributed by atoms with Gasteiger partial charge in [0.15, 0.2) is 17.1 Å². The molecule has 1 amide bonds. The van der Waals surface area contributed by atoms with Crippen molar-refractivity contribution in [3.05, 3.63) is 53.0 Å². The largest absolute Gasteiger partial charge is 0.486 e. The van der Waals surface area contributed by atoms with Crippen LogP contribution in [0.4, 0.5) is 0 Å². The average Bonchev–Trinajstić information content (AvgIpc) is 3.06. The second kappa shape index (κ2) is 7.50. The number of hydrogen-bond acceptors (Lipinski definition) is 5. The Bertz CT molecular complexity index is 1030. The van der Waals surface area contributed by atoms with Crippen LogP contribution in [0.3, 0.4) is 0 Å². The van der Waals surface area contributed by atoms with Crippen LogP contribution in [-0.2, 0) is 11.2 Å². The average molecular weight is 380 g/mol. The Labute approximate surface area is 163 Å². The maximum Gasteiger partial charge on any atom is 0.220 e. The molecule has 3 heterocycles. The molecule has 1 aliphatic rings. The van der Waals surface area contributed by atoms with Gasteiger partial charge in [-0.15, -0.1) is 0 Å². The van der Waals surface area contributed by atoms with Gasteiger partial charge in [0.2, 0.25) is 5.91 Å². The van der Waals surface area contributed by atoms with Gasteiger partial charge in [0.25, 0.3) is 0 Å². The first-order valence-electron chi connectivity index (χ1n) is 9.49. The second-order valence-electron chi connectivity index (χ2n) is 7.12. The van der Waals surface area contributed by atoms with E-state index in [-0.39, 0.29) is 12.0 Å². The Morgan fingerprint density at radius 2 is 2.04 bits per heavy atom. The van der Waals surface area contributed by atoms with E-state index in [9.17, 15) is 4.79 Å². The summed E-state index contributed by atoms with van der Waals surface area (Å²) in [6.07, 6.45) is 0.822. The monoisotopic (exact) mass is 380 g/mol. The number of hydrogen-bond donors (Lipinski definition) is 1. The molecule has 0 radical (unpaired) electrons. The Morgan fingerprint density at radius 3 is 2.86 bits per heavy atom. The zero-order chi connectivity index (χ0) is 19.7. The van der Waals surface area contributed by atoms with Crippen molar-refractivity contribution >= 4 is 11.6 Å². The molecule has 0 bridgehead atoms. The number of carbonyl (C=O) groups excluding carboxylic acids is 1. The molecule has 7 nitrogen and oxygen atoms in total. The van der Waals surface area contributed by atoms with Crippen molar-refractivity contribution in [3.8, 4) is 11.5 Å². The normalized spacial score (nSPS) is 15.6. The van der Waals surface area contributed by atoms with Gasteiger partial charge in [0.05, 0.1) is 12.2 Å². The first kappa shape index (κ1) is 18.3. The molecular formula is C21H24N4O3. The van der Waals surface area contributed by atoms with E-state index in [1.165, 1.54) is 0 Å². The standard InChI is InChI=1S/C21H24N4O3/c1-13-10-20-23-14(2)17(15(3)25(20)24-13)8-9-21(26)22-11-16-12-27-18-6-4-5-7-19(18)28-16/h4-7,10,16H,8-9,11-12H2,1-3H3,(H,22,26)/t16-/m0/s1. The van der Waals surface area contributed by atoms with Crippen LogP contribution in [0, 0.1) is 20.8 Å². The summed E-state index contributed by atoms with van der Waals surface area (Å²) in [5, 5.41) is 7.43. The zero-order valence-electron chi connectivity index (χ0n) is 16.4. The van der Waals surface area contributed by atoms with Crippen molar-refractivity contribution < 1.29 is 14.3 Å². The molecule has 0 unspecified atom stereocenters. The lowest BCUT2D eigenvalue weighted by Gasteiger charge is -2.26. The van der Waals surface area contributed by atoms with Crippen LogP contribution in [0.15, 0.2) is 30.3 Å². The van der Waals surface area contributed by atoms with Crippen molar-refractivity contribution in [1.29, 1.82) is 0 Å². The quantitative estimate of drug-likeness (QED) is 0.736. The zero-order valence-corrected chi connectivity index (χ0v) is 16.4. The number of aryl methyl sites for hydroxylation is 3. The lowest BCUT2D eigenvalue weighted by molar-refractivity contribution is -0.121. The fraction of sp³-hybridized carbons (Fsp3) is 0.381. The van der Waals surface area contributed by atoms with Gasteiger partial charge in [0.1, 0.15) is 12.7 Å². The maximum atomic E-state index is 12.3. The van der Waals surface area contributed by atoms with Crippen LogP contribution in [0.2, 0.25) is 0 Å². The van der Waals surface area contributed by atoms with E-state index in [0.29, 0.717) is 31.7 Å². The number of fused-ring (bicyclic) bond motifs is 2. The van der Waals surface area contributed by atoms with Crippen molar-refractivity contribution in [2.45, 2.75) is 39.7 Å². The van der Waals surface area contributed by atoms with Crippen molar-refractivity contribution in [2.24, 2.45) is 0 Å². The van der Waals surface area contributed by atoms with E-state index in [2.05, 4.69) is 15.4 Å². The molecule has 1 atom stereocenters. The number of aromatic nitrogens is 3. The van der Waals surface area contributed by atoms with Crippen LogP contribution in [0.1, 0.15) is 29.1 Å². The van der Waals surface area contributed by atoms with E-state index in [0.717, 1.165) is 34.0 Å². The topological polar surface area (TPSA) is 77.8 Å². The lowest BCUT2D eigenvalue weighted by atomic mass is 10.1. The van der Waals surface area contributed by atoms with Gasteiger partial charge in [-0.3, -0.25) is 4.79 Å². The van der Waals surface area contributed by atoms with Crippen molar-refractivity contribution in [3.63, 3.8) is 0 Å². The molecule has 28 heavy (non-hydrogen) atoms. The van der Waals surface area contributed by atoms with Gasteiger partial charge in [-0.25, -0.2) is 9.50 Å². The molecule has 1 N–H and O–H groups in total. The summed E-state index contributed by atoms with van der Waals surface area (Å²) < 4.78 is 13.4. The summed E-state index contributed by atoms with van der Waals surface area (Å²) in [6, 6.07) is 9.52. The Morgan fingerprint density at radius 1 is 1.25 bits per heavy atom. The number of nitrogens with one attached hydrogen (secondary N) is 1. The predicted octanol–water partition coefficient (Wildman–Crippen LogP) is 2.54. The molecule has 0 spiro atoms. The first-order chi connectivity index (χ1) is 13.5. The van der Waals surface area contributed by atoms with Crippen LogP contribution in [0.5, 0.6) is 11.5 Å². The van der Waals surface area contributed by atoms with E-state index >= 15 is 0 Å². The summed E-state index contributed by atoms with van der Waals surface area (Å²) in [7, 11) is 0. The van der Waals surface area contributed by atoms with E-state index in [1.807, 2.05) is 55.6 Å². The van der Waals surface area contributed by atoms with Crippen LogP contribution >= 0.6 is 0 Å². The molecule has 3 aromatic rings. The van der Waals surface area contributed by atoms with Gasteiger partial charge < -0.3 is 14.8 Å². The second-order valence-corrected chi connectivity index (χ2v) is 7.12. The molecular weight excluding hydrogens is 356 g/mol. The molecule has 0 fully saturated rings. The summed E-state index contributed by atoms with van der Waals surface area (Å²) in [4.78, 5) is 17.0. The molecule has 0 aliphatic carbocycles. The molecule has 1 aromatic carbocycles. The highest BCUT2D eigenvalue weighted by Gasteiger charge is 2.21. The third-order valence-electron chi connectivity index (χ3n) is 4.98. The summed E-state index contributed by atoms with van der Waals surface area (Å²) in [5.41, 5.74) is 4.82. The number of carbonyl (C=O) groups is 1. The molecule has 7 heteroatoms. The highest BCUT2D eigenvalue weighted by molar-refractivity contribution is 5.76. The predicted molar refractivity (Wildman–Crippen MR) is 105 cm³/mol. The smallest absolute Gasteiger partial charge is 0.220 e. The lowest BCUT2D eigenvalue weighted by Crippen LogP contribution is -2.40. The number of rotatable bonds is 5. The van der Waals surface area contributed by atoms with E-state index in [4.69, 9.17) is 9.47 Å². The Balaban J connectivity index is 1.33. The third-order valence-corrected chi connectivity index (χ3v) is 4.98. The summed E-state index contributed by atoms with van der Waals surface area (Å²) >= 11 is 0. The van der Waals surface area contributed by atoms with Crippen LogP contribution < -0.4 is 14.8 Å². The molecule has 146 valence electrons. The maximum absolute atomic E-state index is 12.3. The van der Waals surface area contributed by atoms with Gasteiger partial charge in [-0.05, 0) is 44.9 Å². The minimum Gasteiger partial charge on any atom is -0.486 e. The molecule has 0 saturated heterocycles. The fourth-order valence-corrected chi connectivity index (χ4v) is 3.52. The number of para-hydroxylation sites is 2. The summed E-state index contributed by atoms with van der Waals surface area (Å²) in [5.74, 6) is 1.44. The highest BCUT2D eigenvalue weighted by atomic mass is 16.6. The minimum absolute atomic E-state index is 0.0157. The van der Waals surface area contributed by atoms with Gasteiger partial charge in [-0.2, -0.15) is 5.10 Å². The number of ether oxygens (including phenoxy) is 2. The molecule has 4 rings (SSSR count).